The number of ether oxygens (including phenoxy) is 1. The lowest BCUT2D eigenvalue weighted by Crippen LogP contribution is -2.45. The van der Waals surface area contributed by atoms with E-state index in [0.29, 0.717) is 37.4 Å². The lowest BCUT2D eigenvalue weighted by atomic mass is 9.98. The topological polar surface area (TPSA) is 105 Å². The van der Waals surface area contributed by atoms with Gasteiger partial charge in [-0.2, -0.15) is 4.31 Å². The largest absolute Gasteiger partial charge is 0.482 e. The number of rotatable bonds is 5. The van der Waals surface area contributed by atoms with Crippen LogP contribution >= 0.6 is 0 Å². The highest BCUT2D eigenvalue weighted by Crippen LogP contribution is 2.32. The van der Waals surface area contributed by atoms with Crippen molar-refractivity contribution < 1.29 is 22.7 Å². The first-order valence-corrected chi connectivity index (χ1v) is 11.7. The van der Waals surface area contributed by atoms with Crippen molar-refractivity contribution in [2.24, 2.45) is 5.92 Å². The minimum atomic E-state index is -3.81. The number of piperidine rings is 1. The van der Waals surface area contributed by atoms with E-state index in [1.54, 1.807) is 0 Å². The van der Waals surface area contributed by atoms with E-state index in [2.05, 4.69) is 10.6 Å². The molecule has 2 heterocycles. The summed E-state index contributed by atoms with van der Waals surface area (Å²) < 4.78 is 33.0. The smallest absolute Gasteiger partial charge is 0.262 e. The first-order chi connectivity index (χ1) is 14.8. The summed E-state index contributed by atoms with van der Waals surface area (Å²) >= 11 is 0. The van der Waals surface area contributed by atoms with Crippen LogP contribution in [0.25, 0.3) is 0 Å². The van der Waals surface area contributed by atoms with Gasteiger partial charge in [-0.3, -0.25) is 9.59 Å². The van der Waals surface area contributed by atoms with Crippen molar-refractivity contribution in [3.8, 4) is 5.75 Å². The Morgan fingerprint density at radius 1 is 1.26 bits per heavy atom. The molecule has 0 bridgehead atoms. The summed E-state index contributed by atoms with van der Waals surface area (Å²) in [4.78, 5) is 24.3. The molecule has 0 radical (unpaired) electrons. The van der Waals surface area contributed by atoms with Gasteiger partial charge >= 0.3 is 0 Å². The predicted octanol–water partition coefficient (Wildman–Crippen LogP) is 2.04. The number of hydrogen-bond donors (Lipinski definition) is 2. The molecule has 164 valence electrons. The van der Waals surface area contributed by atoms with Crippen LogP contribution in [0.1, 0.15) is 24.0 Å². The Bertz CT molecular complexity index is 1120. The number of carbonyl (C=O) groups is 2. The van der Waals surface area contributed by atoms with E-state index in [4.69, 9.17) is 4.74 Å². The summed E-state index contributed by atoms with van der Waals surface area (Å²) in [5.74, 6) is -0.447. The van der Waals surface area contributed by atoms with Crippen molar-refractivity contribution in [2.45, 2.75) is 31.2 Å². The summed E-state index contributed by atoms with van der Waals surface area (Å²) in [7, 11) is -3.81. The standard InChI is InChI=1S/C22H25N3O5S/c1-15-4-2-5-16(10-15)12-23-22(27)17-6-3-9-25(13-17)31(28,29)18-7-8-20-19(11-18)24-21(26)14-30-20/h2,4-5,7-8,10-11,17H,3,6,9,12-14H2,1H3,(H,23,27)(H,24,26)/t17-/m0/s1. The van der Waals surface area contributed by atoms with E-state index in [-0.39, 0.29) is 29.9 Å². The molecule has 0 saturated carbocycles. The molecule has 9 heteroatoms. The highest BCUT2D eigenvalue weighted by Gasteiger charge is 2.34. The number of nitrogens with one attached hydrogen (secondary N) is 2. The van der Waals surface area contributed by atoms with Gasteiger partial charge in [-0.05, 0) is 43.5 Å². The highest BCUT2D eigenvalue weighted by atomic mass is 32.2. The summed E-state index contributed by atoms with van der Waals surface area (Å²) in [5, 5.41) is 5.56. The lowest BCUT2D eigenvalue weighted by Gasteiger charge is -2.31. The lowest BCUT2D eigenvalue weighted by molar-refractivity contribution is -0.126. The van der Waals surface area contributed by atoms with Crippen LogP contribution in [0.3, 0.4) is 0 Å². The monoisotopic (exact) mass is 443 g/mol. The number of carbonyl (C=O) groups excluding carboxylic acids is 2. The molecular weight excluding hydrogens is 418 g/mol. The van der Waals surface area contributed by atoms with Crippen molar-refractivity contribution in [1.29, 1.82) is 0 Å². The summed E-state index contributed by atoms with van der Waals surface area (Å²) in [6.45, 7) is 2.79. The van der Waals surface area contributed by atoms with Crippen LogP contribution in [-0.4, -0.2) is 44.2 Å². The molecule has 1 saturated heterocycles. The minimum Gasteiger partial charge on any atom is -0.482 e. The van der Waals surface area contributed by atoms with Crippen molar-refractivity contribution in [2.75, 3.05) is 25.0 Å². The van der Waals surface area contributed by atoms with Crippen LogP contribution in [0.5, 0.6) is 5.75 Å². The zero-order valence-electron chi connectivity index (χ0n) is 17.3. The molecule has 2 aliphatic heterocycles. The van der Waals surface area contributed by atoms with Gasteiger partial charge in [0.1, 0.15) is 5.75 Å². The SMILES string of the molecule is Cc1cccc(CNC(=O)[C@H]2CCCN(S(=O)(=O)c3ccc4c(c3)NC(=O)CO4)C2)c1. The van der Waals surface area contributed by atoms with Crippen molar-refractivity contribution in [3.63, 3.8) is 0 Å². The van der Waals surface area contributed by atoms with Gasteiger partial charge in [0.25, 0.3) is 5.91 Å². The van der Waals surface area contributed by atoms with Gasteiger partial charge < -0.3 is 15.4 Å². The number of sulfonamides is 1. The summed E-state index contributed by atoms with van der Waals surface area (Å²) in [6, 6.07) is 12.3. The Morgan fingerprint density at radius 2 is 2.10 bits per heavy atom. The minimum absolute atomic E-state index is 0.0675. The first-order valence-electron chi connectivity index (χ1n) is 10.2. The third-order valence-electron chi connectivity index (χ3n) is 5.53. The van der Waals surface area contributed by atoms with Gasteiger partial charge in [0.15, 0.2) is 6.61 Å². The highest BCUT2D eigenvalue weighted by molar-refractivity contribution is 7.89. The fraction of sp³-hybridized carbons (Fsp3) is 0.364. The maximum absolute atomic E-state index is 13.2. The third kappa shape index (κ3) is 4.72. The van der Waals surface area contributed by atoms with Gasteiger partial charge in [0, 0.05) is 19.6 Å². The predicted molar refractivity (Wildman–Crippen MR) is 115 cm³/mol. The number of anilines is 1. The molecule has 1 atom stereocenters. The first kappa shape index (κ1) is 21.3. The van der Waals surface area contributed by atoms with Gasteiger partial charge in [0.2, 0.25) is 15.9 Å². The summed E-state index contributed by atoms with van der Waals surface area (Å²) in [5.41, 5.74) is 2.46. The van der Waals surface area contributed by atoms with Crippen molar-refractivity contribution in [3.05, 3.63) is 53.6 Å². The van der Waals surface area contributed by atoms with Crippen molar-refractivity contribution in [1.82, 2.24) is 9.62 Å². The molecule has 0 aliphatic carbocycles. The number of nitrogens with zero attached hydrogens (tertiary/aromatic N) is 1. The zero-order chi connectivity index (χ0) is 22.0. The second kappa shape index (κ2) is 8.68. The van der Waals surface area contributed by atoms with Crippen LogP contribution in [0.15, 0.2) is 47.4 Å². The quantitative estimate of drug-likeness (QED) is 0.736. The van der Waals surface area contributed by atoms with Crippen molar-refractivity contribution >= 4 is 27.5 Å². The third-order valence-corrected chi connectivity index (χ3v) is 7.39. The Morgan fingerprint density at radius 3 is 2.90 bits per heavy atom. The number of fused-ring (bicyclic) bond motifs is 1. The zero-order valence-corrected chi connectivity index (χ0v) is 18.1. The van der Waals surface area contributed by atoms with Crippen LogP contribution in [0.4, 0.5) is 5.69 Å². The molecule has 0 aromatic heterocycles. The fourth-order valence-electron chi connectivity index (χ4n) is 3.90. The average Bonchev–Trinajstić information content (AvgIpc) is 2.77. The number of amides is 2. The summed E-state index contributed by atoms with van der Waals surface area (Å²) in [6.07, 6.45) is 1.24. The molecule has 1 fully saturated rings. The van der Waals surface area contributed by atoms with E-state index in [9.17, 15) is 18.0 Å². The van der Waals surface area contributed by atoms with Gasteiger partial charge in [-0.1, -0.05) is 29.8 Å². The second-order valence-electron chi connectivity index (χ2n) is 7.90. The molecule has 4 rings (SSSR count). The van der Waals surface area contributed by atoms with Gasteiger partial charge in [-0.25, -0.2) is 8.42 Å². The second-order valence-corrected chi connectivity index (χ2v) is 9.84. The van der Waals surface area contributed by atoms with E-state index >= 15 is 0 Å². The Hall–Kier alpha value is -2.91. The van der Waals surface area contributed by atoms with Gasteiger partial charge in [-0.15, -0.1) is 0 Å². The number of hydrogen-bond acceptors (Lipinski definition) is 5. The molecule has 2 aliphatic rings. The number of benzene rings is 2. The maximum atomic E-state index is 13.2. The molecule has 2 amide bonds. The molecule has 0 unspecified atom stereocenters. The molecular formula is C22H25N3O5S. The maximum Gasteiger partial charge on any atom is 0.262 e. The van der Waals surface area contributed by atoms with E-state index in [0.717, 1.165) is 11.1 Å². The van der Waals surface area contributed by atoms with Crippen LogP contribution in [0.2, 0.25) is 0 Å². The van der Waals surface area contributed by atoms with Crippen LogP contribution < -0.4 is 15.4 Å². The van der Waals surface area contributed by atoms with E-state index in [1.165, 1.54) is 22.5 Å². The molecule has 31 heavy (non-hydrogen) atoms. The molecule has 2 N–H and O–H groups in total. The molecule has 0 spiro atoms. The molecule has 2 aromatic carbocycles. The fourth-order valence-corrected chi connectivity index (χ4v) is 5.45. The molecule has 2 aromatic rings. The Labute approximate surface area is 181 Å². The van der Waals surface area contributed by atoms with Crippen LogP contribution in [-0.2, 0) is 26.2 Å². The molecule has 8 nitrogen and oxygen atoms in total. The van der Waals surface area contributed by atoms with E-state index in [1.807, 2.05) is 31.2 Å². The Balaban J connectivity index is 1.44. The Kier molecular flexibility index (Phi) is 5.97. The average molecular weight is 444 g/mol. The normalized spacial score (nSPS) is 19.1. The van der Waals surface area contributed by atoms with Crippen LogP contribution in [0, 0.1) is 12.8 Å². The number of aryl methyl sites for hydroxylation is 1. The van der Waals surface area contributed by atoms with E-state index < -0.39 is 15.9 Å². The van der Waals surface area contributed by atoms with Gasteiger partial charge in [0.05, 0.1) is 16.5 Å².